The molecule has 9 heavy (non-hydrogen) atoms. The molecule has 1 N–H and O–H groups in total. The fourth-order valence-electron chi connectivity index (χ4n) is 0.592. The molecule has 0 aliphatic rings. The molecular weight excluding hydrogens is 152 g/mol. The van der Waals surface area contributed by atoms with Gasteiger partial charge in [0.15, 0.2) is 0 Å². The minimum atomic E-state index is 0.421. The topological polar surface area (TPSA) is 20.2 Å². The summed E-state index contributed by atoms with van der Waals surface area (Å²) in [6.45, 7) is 1.93. The Morgan fingerprint density at radius 2 is 2.33 bits per heavy atom. The van der Waals surface area contributed by atoms with Crippen molar-refractivity contribution >= 4 is 23.1 Å². The van der Waals surface area contributed by atoms with Gasteiger partial charge in [0.25, 0.3) is 0 Å². The van der Waals surface area contributed by atoms with E-state index in [1.54, 1.807) is 28.5 Å². The average Bonchev–Trinajstić information content (AvgIpc) is 2.15. The summed E-state index contributed by atoms with van der Waals surface area (Å²) in [4.78, 5) is 0. The quantitative estimate of drug-likeness (QED) is 0.637. The van der Waals surface area contributed by atoms with Crippen LogP contribution < -0.4 is 0 Å². The molecule has 1 heterocycles. The van der Waals surface area contributed by atoms with E-state index in [2.05, 4.69) is 0 Å². The molecule has 0 saturated heterocycles. The number of aromatic hydroxyl groups is 1. The third-order valence-electron chi connectivity index (χ3n) is 1.15. The fraction of sp³-hybridized carbons (Fsp3) is 0.333. The zero-order valence-corrected chi connectivity index (χ0v) is 6.97. The van der Waals surface area contributed by atoms with E-state index in [1.807, 2.05) is 13.2 Å². The molecule has 0 bridgehead atoms. The predicted octanol–water partition coefficient (Wildman–Crippen LogP) is 2.48. The molecule has 0 fully saturated rings. The van der Waals surface area contributed by atoms with Crippen molar-refractivity contribution < 1.29 is 5.11 Å². The minimum Gasteiger partial charge on any atom is -0.507 e. The van der Waals surface area contributed by atoms with Crippen LogP contribution in [0.25, 0.3) is 0 Å². The van der Waals surface area contributed by atoms with Crippen molar-refractivity contribution in [1.29, 1.82) is 0 Å². The molecule has 50 valence electrons. The van der Waals surface area contributed by atoms with Crippen LogP contribution in [0.5, 0.6) is 5.75 Å². The zero-order valence-electron chi connectivity index (χ0n) is 5.34. The second-order valence-electron chi connectivity index (χ2n) is 1.74. The summed E-state index contributed by atoms with van der Waals surface area (Å²) in [7, 11) is 0. The van der Waals surface area contributed by atoms with Crippen molar-refractivity contribution in [2.45, 2.75) is 11.1 Å². The van der Waals surface area contributed by atoms with Crippen LogP contribution in [0.15, 0.2) is 9.59 Å². The van der Waals surface area contributed by atoms with E-state index in [-0.39, 0.29) is 0 Å². The lowest BCUT2D eigenvalue weighted by atomic mass is 10.4. The molecule has 1 aromatic rings. The van der Waals surface area contributed by atoms with Gasteiger partial charge in [-0.25, -0.2) is 0 Å². The van der Waals surface area contributed by atoms with E-state index < -0.39 is 0 Å². The Hall–Kier alpha value is -0.150. The first-order valence-electron chi connectivity index (χ1n) is 2.56. The Bertz CT molecular complexity index is 205. The monoisotopic (exact) mass is 160 g/mol. The van der Waals surface area contributed by atoms with Gasteiger partial charge in [0, 0.05) is 10.9 Å². The molecule has 0 radical (unpaired) electrons. The highest BCUT2D eigenvalue weighted by Gasteiger charge is 2.02. The molecule has 0 spiro atoms. The van der Waals surface area contributed by atoms with Gasteiger partial charge in [-0.2, -0.15) is 0 Å². The molecule has 0 unspecified atom stereocenters. The highest BCUT2D eigenvalue weighted by Crippen LogP contribution is 2.33. The molecule has 0 atom stereocenters. The maximum atomic E-state index is 9.07. The SMILES string of the molecule is CSc1scc(O)c1C. The molecule has 0 aliphatic carbocycles. The van der Waals surface area contributed by atoms with E-state index in [1.165, 1.54) is 4.21 Å². The minimum absolute atomic E-state index is 0.421. The second kappa shape index (κ2) is 2.62. The predicted molar refractivity (Wildman–Crippen MR) is 42.5 cm³/mol. The first kappa shape index (κ1) is 6.96. The summed E-state index contributed by atoms with van der Waals surface area (Å²) in [5.74, 6) is 0.421. The van der Waals surface area contributed by atoms with Crippen molar-refractivity contribution in [2.24, 2.45) is 0 Å². The number of thioether (sulfide) groups is 1. The lowest BCUT2D eigenvalue weighted by Gasteiger charge is -1.90. The standard InChI is InChI=1S/C6H8OS2/c1-4-5(7)3-9-6(4)8-2/h3,7H,1-2H3. The van der Waals surface area contributed by atoms with Gasteiger partial charge in [-0.15, -0.1) is 23.1 Å². The first-order chi connectivity index (χ1) is 4.25. The highest BCUT2D eigenvalue weighted by molar-refractivity contribution is 8.00. The van der Waals surface area contributed by atoms with E-state index >= 15 is 0 Å². The molecule has 0 aromatic carbocycles. The number of rotatable bonds is 1. The van der Waals surface area contributed by atoms with Gasteiger partial charge in [0.2, 0.25) is 0 Å². The van der Waals surface area contributed by atoms with E-state index in [0.717, 1.165) is 5.56 Å². The van der Waals surface area contributed by atoms with Gasteiger partial charge in [0.05, 0.1) is 4.21 Å². The summed E-state index contributed by atoms with van der Waals surface area (Å²) < 4.78 is 1.20. The third kappa shape index (κ3) is 1.22. The first-order valence-corrected chi connectivity index (χ1v) is 4.67. The summed E-state index contributed by atoms with van der Waals surface area (Å²) in [5, 5.41) is 10.8. The lowest BCUT2D eigenvalue weighted by molar-refractivity contribution is 0.473. The van der Waals surface area contributed by atoms with Gasteiger partial charge < -0.3 is 5.11 Å². The Balaban J connectivity index is 3.04. The van der Waals surface area contributed by atoms with Crippen molar-refractivity contribution in [1.82, 2.24) is 0 Å². The fourth-order valence-corrected chi connectivity index (χ4v) is 2.21. The van der Waals surface area contributed by atoms with Crippen LogP contribution in [0.4, 0.5) is 0 Å². The highest BCUT2D eigenvalue weighted by atomic mass is 32.2. The van der Waals surface area contributed by atoms with Crippen molar-refractivity contribution in [3.8, 4) is 5.75 Å². The molecule has 0 amide bonds. The molecule has 1 nitrogen and oxygen atoms in total. The Morgan fingerprint density at radius 3 is 2.56 bits per heavy atom. The Morgan fingerprint density at radius 1 is 1.67 bits per heavy atom. The molecule has 0 saturated carbocycles. The average molecular weight is 160 g/mol. The maximum Gasteiger partial charge on any atom is 0.130 e. The van der Waals surface area contributed by atoms with E-state index in [4.69, 9.17) is 5.11 Å². The second-order valence-corrected chi connectivity index (χ2v) is 3.69. The summed E-state index contributed by atoms with van der Waals surface area (Å²) in [6, 6.07) is 0. The van der Waals surface area contributed by atoms with Gasteiger partial charge in [-0.1, -0.05) is 0 Å². The molecule has 1 aromatic heterocycles. The normalized spacial score (nSPS) is 10.0. The van der Waals surface area contributed by atoms with Crippen LogP contribution in [0.3, 0.4) is 0 Å². The molecule has 0 aliphatic heterocycles. The van der Waals surface area contributed by atoms with Gasteiger partial charge in [-0.05, 0) is 13.2 Å². The van der Waals surface area contributed by atoms with E-state index in [9.17, 15) is 0 Å². The lowest BCUT2D eigenvalue weighted by Crippen LogP contribution is -1.65. The maximum absolute atomic E-state index is 9.07. The summed E-state index contributed by atoms with van der Waals surface area (Å²) >= 11 is 3.26. The van der Waals surface area contributed by atoms with Crippen LogP contribution in [0, 0.1) is 6.92 Å². The van der Waals surface area contributed by atoms with Crippen LogP contribution >= 0.6 is 23.1 Å². The van der Waals surface area contributed by atoms with Crippen molar-refractivity contribution in [3.05, 3.63) is 10.9 Å². The molecule has 3 heteroatoms. The van der Waals surface area contributed by atoms with Crippen LogP contribution in [0.2, 0.25) is 0 Å². The number of hydrogen-bond donors (Lipinski definition) is 1. The summed E-state index contributed by atoms with van der Waals surface area (Å²) in [5.41, 5.74) is 1.01. The van der Waals surface area contributed by atoms with Crippen LogP contribution in [0.1, 0.15) is 5.56 Å². The third-order valence-corrected chi connectivity index (χ3v) is 3.48. The smallest absolute Gasteiger partial charge is 0.130 e. The van der Waals surface area contributed by atoms with Gasteiger partial charge in [0.1, 0.15) is 5.75 Å². The van der Waals surface area contributed by atoms with Crippen LogP contribution in [-0.4, -0.2) is 11.4 Å². The Labute approximate surface area is 62.7 Å². The number of hydrogen-bond acceptors (Lipinski definition) is 3. The zero-order chi connectivity index (χ0) is 6.85. The number of thiophene rings is 1. The van der Waals surface area contributed by atoms with Gasteiger partial charge in [-0.3, -0.25) is 0 Å². The van der Waals surface area contributed by atoms with E-state index in [0.29, 0.717) is 5.75 Å². The van der Waals surface area contributed by atoms with Crippen LogP contribution in [-0.2, 0) is 0 Å². The van der Waals surface area contributed by atoms with Crippen molar-refractivity contribution in [3.63, 3.8) is 0 Å². The molecular formula is C6H8OS2. The Kier molecular flexibility index (Phi) is 2.03. The molecule has 1 rings (SSSR count). The van der Waals surface area contributed by atoms with Crippen molar-refractivity contribution in [2.75, 3.05) is 6.26 Å². The summed E-state index contributed by atoms with van der Waals surface area (Å²) in [6.07, 6.45) is 2.01. The van der Waals surface area contributed by atoms with Gasteiger partial charge >= 0.3 is 0 Å². The largest absolute Gasteiger partial charge is 0.507 e.